The fourth-order valence-electron chi connectivity index (χ4n) is 2.58. The van der Waals surface area contributed by atoms with Gasteiger partial charge >= 0.3 is 0 Å². The maximum Gasteiger partial charge on any atom is 0.248 e. The molecule has 0 bridgehead atoms. The molecule has 0 aromatic heterocycles. The van der Waals surface area contributed by atoms with E-state index in [0.29, 0.717) is 37.8 Å². The molecule has 118 valence electrons. The molecule has 2 rings (SSSR count). The summed E-state index contributed by atoms with van der Waals surface area (Å²) in [6, 6.07) is 0.386. The van der Waals surface area contributed by atoms with Crippen LogP contribution in [-0.2, 0) is 10.0 Å². The highest BCUT2D eigenvalue weighted by atomic mass is 32.2. The third kappa shape index (κ3) is 3.22. The molecule has 21 heavy (non-hydrogen) atoms. The van der Waals surface area contributed by atoms with E-state index in [1.165, 1.54) is 7.05 Å². The molecule has 0 spiro atoms. The Hall–Kier alpha value is -1.12. The summed E-state index contributed by atoms with van der Waals surface area (Å²) in [4.78, 5) is -1.11. The number of nitrogens with zero attached hydrogens (tertiary/aromatic N) is 1. The van der Waals surface area contributed by atoms with Gasteiger partial charge < -0.3 is 5.73 Å². The van der Waals surface area contributed by atoms with Crippen LogP contribution < -0.4 is 5.73 Å². The topological polar surface area (TPSA) is 63.4 Å². The molecule has 0 radical (unpaired) electrons. The molecule has 0 aliphatic heterocycles. The minimum atomic E-state index is -4.36. The summed E-state index contributed by atoms with van der Waals surface area (Å²) in [5.74, 6) is -4.01. The van der Waals surface area contributed by atoms with E-state index in [9.17, 15) is 21.6 Å². The lowest BCUT2D eigenvalue weighted by Crippen LogP contribution is -2.42. The zero-order chi connectivity index (χ0) is 15.8. The smallest absolute Gasteiger partial charge is 0.248 e. The van der Waals surface area contributed by atoms with Crippen molar-refractivity contribution in [1.82, 2.24) is 4.31 Å². The van der Waals surface area contributed by atoms with Crippen LogP contribution >= 0.6 is 0 Å². The first-order chi connectivity index (χ1) is 9.73. The minimum Gasteiger partial charge on any atom is -0.328 e. The van der Waals surface area contributed by atoms with Gasteiger partial charge in [-0.05, 0) is 25.7 Å². The van der Waals surface area contributed by atoms with E-state index in [0.717, 1.165) is 4.31 Å². The van der Waals surface area contributed by atoms with Crippen LogP contribution in [0.4, 0.5) is 13.2 Å². The van der Waals surface area contributed by atoms with E-state index in [1.807, 2.05) is 0 Å². The Morgan fingerprint density at radius 2 is 1.57 bits per heavy atom. The minimum absolute atomic E-state index is 0.0247. The third-order valence-corrected chi connectivity index (χ3v) is 5.82. The number of hydrogen-bond acceptors (Lipinski definition) is 3. The lowest BCUT2D eigenvalue weighted by Gasteiger charge is -2.32. The third-order valence-electron chi connectivity index (χ3n) is 3.86. The largest absolute Gasteiger partial charge is 0.328 e. The second-order valence-electron chi connectivity index (χ2n) is 5.29. The number of benzene rings is 1. The van der Waals surface area contributed by atoms with Crippen molar-refractivity contribution in [3.8, 4) is 0 Å². The molecule has 8 heteroatoms. The molecule has 0 heterocycles. The fraction of sp³-hybridized carbons (Fsp3) is 0.538. The predicted octanol–water partition coefficient (Wildman–Crippen LogP) is 1.99. The van der Waals surface area contributed by atoms with Crippen LogP contribution in [0.1, 0.15) is 25.7 Å². The summed E-state index contributed by atoms with van der Waals surface area (Å²) in [7, 11) is -3.08. The van der Waals surface area contributed by atoms with E-state index in [4.69, 9.17) is 5.73 Å². The van der Waals surface area contributed by atoms with Crippen molar-refractivity contribution < 1.29 is 21.6 Å². The van der Waals surface area contributed by atoms with Gasteiger partial charge in [-0.25, -0.2) is 21.6 Å². The second kappa shape index (κ2) is 5.94. The number of rotatable bonds is 3. The maximum atomic E-state index is 13.7. The van der Waals surface area contributed by atoms with Crippen molar-refractivity contribution in [2.75, 3.05) is 7.05 Å². The highest BCUT2D eigenvalue weighted by molar-refractivity contribution is 7.89. The van der Waals surface area contributed by atoms with E-state index >= 15 is 0 Å². The average molecular weight is 322 g/mol. The molecular weight excluding hydrogens is 305 g/mol. The van der Waals surface area contributed by atoms with Gasteiger partial charge in [-0.2, -0.15) is 4.31 Å². The van der Waals surface area contributed by atoms with Gasteiger partial charge in [-0.1, -0.05) is 0 Å². The molecule has 0 unspecified atom stereocenters. The van der Waals surface area contributed by atoms with Crippen molar-refractivity contribution in [1.29, 1.82) is 0 Å². The van der Waals surface area contributed by atoms with Crippen LogP contribution in [0.3, 0.4) is 0 Å². The van der Waals surface area contributed by atoms with Gasteiger partial charge in [0.1, 0.15) is 17.5 Å². The van der Waals surface area contributed by atoms with Crippen LogP contribution in [0.25, 0.3) is 0 Å². The molecule has 1 fully saturated rings. The Balaban J connectivity index is 2.34. The quantitative estimate of drug-likeness (QED) is 0.926. The molecule has 0 atom stereocenters. The normalized spacial score (nSPS) is 23.5. The van der Waals surface area contributed by atoms with E-state index in [2.05, 4.69) is 0 Å². The molecule has 0 saturated heterocycles. The van der Waals surface area contributed by atoms with Crippen LogP contribution in [0.5, 0.6) is 0 Å². The molecular formula is C13H17F3N2O2S. The van der Waals surface area contributed by atoms with Crippen molar-refractivity contribution >= 4 is 10.0 Å². The Bertz CT molecular complexity index is 605. The monoisotopic (exact) mass is 322 g/mol. The van der Waals surface area contributed by atoms with Crippen molar-refractivity contribution in [2.45, 2.75) is 42.7 Å². The summed E-state index contributed by atoms with van der Waals surface area (Å²) in [5, 5.41) is 0. The van der Waals surface area contributed by atoms with Crippen molar-refractivity contribution in [3.63, 3.8) is 0 Å². The first-order valence-electron chi connectivity index (χ1n) is 6.61. The molecule has 0 amide bonds. The lowest BCUT2D eigenvalue weighted by molar-refractivity contribution is 0.267. The summed E-state index contributed by atoms with van der Waals surface area (Å²) in [6.07, 6.45) is 2.36. The maximum absolute atomic E-state index is 13.7. The molecule has 2 N–H and O–H groups in total. The predicted molar refractivity (Wildman–Crippen MR) is 71.5 cm³/mol. The van der Waals surface area contributed by atoms with Crippen LogP contribution in [-0.4, -0.2) is 31.9 Å². The van der Waals surface area contributed by atoms with Gasteiger partial charge in [-0.3, -0.25) is 0 Å². The van der Waals surface area contributed by atoms with Crippen molar-refractivity contribution in [3.05, 3.63) is 29.6 Å². The highest BCUT2D eigenvalue weighted by Crippen LogP contribution is 2.29. The first kappa shape index (κ1) is 16.3. The molecule has 1 aromatic rings. The molecule has 4 nitrogen and oxygen atoms in total. The number of halogens is 3. The van der Waals surface area contributed by atoms with Gasteiger partial charge in [0.2, 0.25) is 10.0 Å². The zero-order valence-corrected chi connectivity index (χ0v) is 12.3. The number of sulfonamides is 1. The van der Waals surface area contributed by atoms with Gasteiger partial charge in [0.15, 0.2) is 4.90 Å². The second-order valence-corrected chi connectivity index (χ2v) is 7.22. The van der Waals surface area contributed by atoms with E-state index in [-0.39, 0.29) is 12.1 Å². The molecule has 1 aromatic carbocycles. The highest BCUT2D eigenvalue weighted by Gasteiger charge is 2.34. The standard InChI is InChI=1S/C13H17F3N2O2S/c1-18(10-4-2-9(17)3-5-10)21(19,20)13-11(15)6-8(14)7-12(13)16/h6-7,9-10H,2-5,17H2,1H3. The molecule has 1 saturated carbocycles. The van der Waals surface area contributed by atoms with Crippen molar-refractivity contribution in [2.24, 2.45) is 5.73 Å². The van der Waals surface area contributed by atoms with Gasteiger partial charge in [0, 0.05) is 31.3 Å². The molecule has 1 aliphatic rings. The lowest BCUT2D eigenvalue weighted by atomic mass is 9.92. The van der Waals surface area contributed by atoms with E-state index in [1.54, 1.807) is 0 Å². The van der Waals surface area contributed by atoms with E-state index < -0.39 is 32.4 Å². The Morgan fingerprint density at radius 3 is 2.05 bits per heavy atom. The van der Waals surface area contributed by atoms with Crippen LogP contribution in [0.2, 0.25) is 0 Å². The zero-order valence-electron chi connectivity index (χ0n) is 11.5. The number of hydrogen-bond donors (Lipinski definition) is 1. The summed E-state index contributed by atoms with van der Waals surface area (Å²) in [6.45, 7) is 0. The SMILES string of the molecule is CN(C1CCC(N)CC1)S(=O)(=O)c1c(F)cc(F)cc1F. The Morgan fingerprint density at radius 1 is 1.10 bits per heavy atom. The summed E-state index contributed by atoms with van der Waals surface area (Å²) in [5.41, 5.74) is 5.75. The summed E-state index contributed by atoms with van der Waals surface area (Å²) < 4.78 is 65.9. The Labute approximate surface area is 121 Å². The van der Waals surface area contributed by atoms with Gasteiger partial charge in [-0.15, -0.1) is 0 Å². The number of nitrogens with two attached hydrogens (primary N) is 1. The fourth-order valence-corrected chi connectivity index (χ4v) is 4.08. The summed E-state index contributed by atoms with van der Waals surface area (Å²) >= 11 is 0. The average Bonchev–Trinajstić information content (AvgIpc) is 2.37. The van der Waals surface area contributed by atoms with Gasteiger partial charge in [0.05, 0.1) is 0 Å². The van der Waals surface area contributed by atoms with Crippen LogP contribution in [0.15, 0.2) is 17.0 Å². The first-order valence-corrected chi connectivity index (χ1v) is 8.05. The van der Waals surface area contributed by atoms with Gasteiger partial charge in [0.25, 0.3) is 0 Å². The van der Waals surface area contributed by atoms with Crippen LogP contribution in [0, 0.1) is 17.5 Å². The Kier molecular flexibility index (Phi) is 4.60. The molecule has 1 aliphatic carbocycles.